The molecule has 2 aliphatic rings. The summed E-state index contributed by atoms with van der Waals surface area (Å²) in [5.74, 6) is -0.409. The van der Waals surface area contributed by atoms with Gasteiger partial charge in [0.1, 0.15) is 11.9 Å². The van der Waals surface area contributed by atoms with Crippen molar-refractivity contribution in [1.29, 1.82) is 0 Å². The number of piperidine rings is 2. The van der Waals surface area contributed by atoms with E-state index in [0.29, 0.717) is 28.8 Å². The molecule has 2 bridgehead atoms. The van der Waals surface area contributed by atoms with Gasteiger partial charge in [-0.3, -0.25) is 4.68 Å². The number of hydrogen-bond donors (Lipinski definition) is 2. The molecule has 162 valence electrons. The van der Waals surface area contributed by atoms with Crippen molar-refractivity contribution < 1.29 is 18.6 Å². The van der Waals surface area contributed by atoms with Gasteiger partial charge >= 0.3 is 0 Å². The van der Waals surface area contributed by atoms with Gasteiger partial charge in [-0.15, -0.1) is 15.3 Å². The molecule has 0 spiro atoms. The Bertz CT molecular complexity index is 1090. The number of benzene rings is 1. The molecule has 2 N–H and O–H groups in total. The largest absolute Gasteiger partial charge is 0.507 e. The number of hydrogen-bond acceptors (Lipinski definition) is 6. The summed E-state index contributed by atoms with van der Waals surface area (Å²) in [6, 6.07) is 8.20. The Labute approximate surface area is 178 Å². The van der Waals surface area contributed by atoms with Crippen molar-refractivity contribution in [3.05, 3.63) is 42.5 Å². The summed E-state index contributed by atoms with van der Waals surface area (Å²) in [6.45, 7) is 0. The van der Waals surface area contributed by atoms with Crippen LogP contribution in [0.5, 0.6) is 11.6 Å². The average Bonchev–Trinajstić information content (AvgIpc) is 3.11. The summed E-state index contributed by atoms with van der Waals surface area (Å²) in [6.07, 6.45) is 3.42. The number of halogens is 2. The number of nitrogens with zero attached hydrogens (tertiary/aromatic N) is 4. The number of fused-ring (bicyclic) bond motifs is 2. The Morgan fingerprint density at radius 3 is 2.74 bits per heavy atom. The highest BCUT2D eigenvalue weighted by molar-refractivity contribution is 5.73. The summed E-state index contributed by atoms with van der Waals surface area (Å²) in [5, 5.41) is 25.7. The molecule has 0 amide bonds. The molecule has 0 unspecified atom stereocenters. The van der Waals surface area contributed by atoms with Crippen LogP contribution in [0.2, 0.25) is 0 Å². The Morgan fingerprint density at radius 1 is 1.16 bits per heavy atom. The fourth-order valence-electron chi connectivity index (χ4n) is 4.53. The lowest BCUT2D eigenvalue weighted by atomic mass is 9.84. The maximum atomic E-state index is 14.7. The second-order valence-corrected chi connectivity index (χ2v) is 8.23. The van der Waals surface area contributed by atoms with Crippen LogP contribution in [0.3, 0.4) is 0 Å². The van der Waals surface area contributed by atoms with E-state index < -0.39 is 18.2 Å². The summed E-state index contributed by atoms with van der Waals surface area (Å²) >= 11 is 0. The molecular formula is C22H23F2N5O2. The van der Waals surface area contributed by atoms with Crippen LogP contribution in [0.25, 0.3) is 22.4 Å². The van der Waals surface area contributed by atoms with Gasteiger partial charge in [0.25, 0.3) is 0 Å². The van der Waals surface area contributed by atoms with Crippen LogP contribution < -0.4 is 10.1 Å². The van der Waals surface area contributed by atoms with Gasteiger partial charge in [-0.2, -0.15) is 4.39 Å². The van der Waals surface area contributed by atoms with Gasteiger partial charge in [-0.1, -0.05) is 12.5 Å². The normalized spacial score (nSPS) is 25.4. The lowest BCUT2D eigenvalue weighted by Gasteiger charge is -2.42. The van der Waals surface area contributed by atoms with Crippen LogP contribution in [0.15, 0.2) is 36.5 Å². The van der Waals surface area contributed by atoms with Crippen LogP contribution in [-0.2, 0) is 7.05 Å². The van der Waals surface area contributed by atoms with Gasteiger partial charge in [0, 0.05) is 43.4 Å². The molecule has 0 saturated carbocycles. The fraction of sp³-hybridized carbons (Fsp3) is 0.409. The number of aryl methyl sites for hydroxylation is 1. The van der Waals surface area contributed by atoms with Crippen molar-refractivity contribution in [1.82, 2.24) is 25.3 Å². The molecule has 9 heteroatoms. The number of phenols is 1. The van der Waals surface area contributed by atoms with Gasteiger partial charge in [-0.05, 0) is 36.6 Å². The van der Waals surface area contributed by atoms with Gasteiger partial charge in [0.2, 0.25) is 11.8 Å². The summed E-state index contributed by atoms with van der Waals surface area (Å²) in [4.78, 5) is 0. The highest BCUT2D eigenvalue weighted by Crippen LogP contribution is 2.34. The number of ether oxygens (including phenoxy) is 1. The minimum Gasteiger partial charge on any atom is -0.507 e. The van der Waals surface area contributed by atoms with Crippen molar-refractivity contribution in [3.63, 3.8) is 0 Å². The zero-order chi connectivity index (χ0) is 21.5. The highest BCUT2D eigenvalue weighted by Gasteiger charge is 2.41. The van der Waals surface area contributed by atoms with Gasteiger partial charge in [0.15, 0.2) is 6.17 Å². The smallest absolute Gasteiger partial charge is 0.240 e. The van der Waals surface area contributed by atoms with Crippen LogP contribution in [0, 0.1) is 5.95 Å². The number of rotatable bonds is 4. The molecule has 1 aromatic carbocycles. The van der Waals surface area contributed by atoms with E-state index >= 15 is 0 Å². The number of nitrogens with one attached hydrogen (secondary N) is 1. The topological polar surface area (TPSA) is 85.1 Å². The Balaban J connectivity index is 1.32. The third kappa shape index (κ3) is 3.85. The number of aromatic nitrogens is 4. The Kier molecular flexibility index (Phi) is 5.05. The van der Waals surface area contributed by atoms with E-state index in [0.717, 1.165) is 19.3 Å². The molecule has 2 aromatic heterocycles. The van der Waals surface area contributed by atoms with Crippen molar-refractivity contribution in [2.24, 2.45) is 7.05 Å². The first kappa shape index (κ1) is 19.9. The van der Waals surface area contributed by atoms with E-state index in [2.05, 4.69) is 20.6 Å². The van der Waals surface area contributed by atoms with E-state index in [1.54, 1.807) is 37.5 Å². The minimum atomic E-state index is -1.08. The van der Waals surface area contributed by atoms with Crippen LogP contribution >= 0.6 is 0 Å². The molecule has 5 rings (SSSR count). The van der Waals surface area contributed by atoms with Crippen molar-refractivity contribution in [2.75, 3.05) is 0 Å². The van der Waals surface area contributed by atoms with E-state index in [9.17, 15) is 13.9 Å². The Hall–Kier alpha value is -3.07. The van der Waals surface area contributed by atoms with Gasteiger partial charge in [0.05, 0.1) is 11.3 Å². The molecule has 2 aliphatic heterocycles. The second kappa shape index (κ2) is 7.88. The molecule has 2 saturated heterocycles. The first-order valence-corrected chi connectivity index (χ1v) is 10.4. The quantitative estimate of drug-likeness (QED) is 0.664. The van der Waals surface area contributed by atoms with Crippen molar-refractivity contribution in [3.8, 4) is 34.0 Å². The lowest BCUT2D eigenvalue weighted by molar-refractivity contribution is 0.00652. The molecule has 2 fully saturated rings. The molecule has 4 heterocycles. The molecule has 4 atom stereocenters. The number of aromatic hydroxyl groups is 1. The third-order valence-corrected chi connectivity index (χ3v) is 6.05. The standard InChI is InChI=1S/C22H23F2N5O2/c1-29-11-15(22(24)28-29)12-5-6-14(18(30)9-12)16-7-8-20(27-26-16)31-19-10-13-3-2-4-17(25-13)21(19)23/h5-9,11,13,17,19,21,25,30H,2-4,10H2,1H3/t13-,17+,19-,21+/m0/s1. The zero-order valence-corrected chi connectivity index (χ0v) is 17.0. The number of phenolic OH excluding ortho intramolecular Hbond substituents is 1. The van der Waals surface area contributed by atoms with Gasteiger partial charge in [-0.25, -0.2) is 4.39 Å². The second-order valence-electron chi connectivity index (χ2n) is 8.23. The van der Waals surface area contributed by atoms with Crippen molar-refractivity contribution in [2.45, 2.75) is 50.0 Å². The molecule has 0 aliphatic carbocycles. The van der Waals surface area contributed by atoms with E-state index in [4.69, 9.17) is 4.74 Å². The van der Waals surface area contributed by atoms with Crippen LogP contribution in [0.4, 0.5) is 8.78 Å². The molecule has 7 nitrogen and oxygen atoms in total. The minimum absolute atomic E-state index is 0.0567. The zero-order valence-electron chi connectivity index (χ0n) is 17.0. The molecular weight excluding hydrogens is 404 g/mol. The maximum Gasteiger partial charge on any atom is 0.240 e. The van der Waals surface area contributed by atoms with Crippen LogP contribution in [-0.4, -0.2) is 49.4 Å². The molecule has 3 aromatic rings. The summed E-state index contributed by atoms with van der Waals surface area (Å²) in [5.41, 5.74) is 1.69. The first-order chi connectivity index (χ1) is 15.0. The van der Waals surface area contributed by atoms with Crippen LogP contribution in [0.1, 0.15) is 25.7 Å². The van der Waals surface area contributed by atoms with E-state index in [1.807, 2.05) is 0 Å². The third-order valence-electron chi connectivity index (χ3n) is 6.05. The monoisotopic (exact) mass is 427 g/mol. The molecule has 0 radical (unpaired) electrons. The first-order valence-electron chi connectivity index (χ1n) is 10.4. The van der Waals surface area contributed by atoms with Gasteiger partial charge < -0.3 is 15.2 Å². The molecule has 31 heavy (non-hydrogen) atoms. The fourth-order valence-corrected chi connectivity index (χ4v) is 4.53. The predicted octanol–water partition coefficient (Wildman–Crippen LogP) is 3.39. The number of alkyl halides is 1. The van der Waals surface area contributed by atoms with Crippen molar-refractivity contribution >= 4 is 0 Å². The van der Waals surface area contributed by atoms with E-state index in [1.165, 1.54) is 10.7 Å². The maximum absolute atomic E-state index is 14.7. The average molecular weight is 427 g/mol. The summed E-state index contributed by atoms with van der Waals surface area (Å²) < 4.78 is 35.8. The van der Waals surface area contributed by atoms with E-state index in [-0.39, 0.29) is 23.7 Å². The predicted molar refractivity (Wildman–Crippen MR) is 110 cm³/mol. The highest BCUT2D eigenvalue weighted by atomic mass is 19.1. The lowest BCUT2D eigenvalue weighted by Crippen LogP contribution is -2.59. The Morgan fingerprint density at radius 2 is 2.03 bits per heavy atom. The summed E-state index contributed by atoms with van der Waals surface area (Å²) in [7, 11) is 1.63. The SMILES string of the molecule is Cn1cc(-c2ccc(-c3ccc(O[C@H]4C[C@@H]5CCC[C@@H](N5)[C@H]4F)nn3)c(O)c2)c(F)n1.